The van der Waals surface area contributed by atoms with Crippen LogP contribution in [0.4, 0.5) is 17.3 Å². The molecule has 2 aromatic heterocycles. The number of anilines is 3. The molecule has 2 N–H and O–H groups in total. The number of thiazole rings is 1. The number of benzene rings is 1. The van der Waals surface area contributed by atoms with E-state index in [-0.39, 0.29) is 6.23 Å². The highest BCUT2D eigenvalue weighted by atomic mass is 32.1. The second-order valence-corrected chi connectivity index (χ2v) is 8.44. The van der Waals surface area contributed by atoms with Crippen molar-refractivity contribution in [3.8, 4) is 10.6 Å². The standard InChI is InChI=1S/C21H26N6OS/c1-14-20(29-15(2)23-14)19-8-9-22-21(25-19)24-17-4-6-18(7-5-17)27-12-10-26(11-13-27)16(3)28/h4-9,16,28H,10-13H2,1-3H3,(H,22,24,25). The van der Waals surface area contributed by atoms with E-state index in [1.54, 1.807) is 17.5 Å². The van der Waals surface area contributed by atoms with Crippen LogP contribution in [0.15, 0.2) is 36.5 Å². The molecule has 1 aliphatic heterocycles. The Morgan fingerprint density at radius 3 is 2.38 bits per heavy atom. The van der Waals surface area contributed by atoms with E-state index in [0.29, 0.717) is 5.95 Å². The van der Waals surface area contributed by atoms with Crippen molar-refractivity contribution in [3.05, 3.63) is 47.2 Å². The summed E-state index contributed by atoms with van der Waals surface area (Å²) >= 11 is 1.65. The molecule has 0 saturated carbocycles. The Labute approximate surface area is 175 Å². The van der Waals surface area contributed by atoms with Gasteiger partial charge < -0.3 is 15.3 Å². The minimum Gasteiger partial charge on any atom is -0.379 e. The summed E-state index contributed by atoms with van der Waals surface area (Å²) in [7, 11) is 0. The second-order valence-electron chi connectivity index (χ2n) is 7.24. The maximum Gasteiger partial charge on any atom is 0.227 e. The summed E-state index contributed by atoms with van der Waals surface area (Å²) in [6.45, 7) is 9.40. The highest BCUT2D eigenvalue weighted by Gasteiger charge is 2.19. The maximum absolute atomic E-state index is 9.70. The molecule has 3 aromatic rings. The first kappa shape index (κ1) is 19.8. The third kappa shape index (κ3) is 4.55. The molecule has 4 rings (SSSR count). The number of aromatic nitrogens is 3. The fraction of sp³-hybridized carbons (Fsp3) is 0.381. The fourth-order valence-corrected chi connectivity index (χ4v) is 4.44. The lowest BCUT2D eigenvalue weighted by molar-refractivity contribution is 0.0153. The number of aliphatic hydroxyl groups is 1. The molecule has 3 heterocycles. The van der Waals surface area contributed by atoms with Gasteiger partial charge in [-0.2, -0.15) is 0 Å². The van der Waals surface area contributed by atoms with Crippen LogP contribution < -0.4 is 10.2 Å². The molecule has 1 aromatic carbocycles. The molecule has 0 aliphatic carbocycles. The van der Waals surface area contributed by atoms with Crippen molar-refractivity contribution < 1.29 is 5.11 Å². The summed E-state index contributed by atoms with van der Waals surface area (Å²) in [4.78, 5) is 19.0. The third-order valence-corrected chi connectivity index (χ3v) is 6.22. The first-order valence-electron chi connectivity index (χ1n) is 9.81. The molecular weight excluding hydrogens is 384 g/mol. The molecule has 1 unspecified atom stereocenters. The molecule has 0 spiro atoms. The van der Waals surface area contributed by atoms with Gasteiger partial charge in [0.05, 0.1) is 21.3 Å². The molecule has 0 bridgehead atoms. The monoisotopic (exact) mass is 410 g/mol. The van der Waals surface area contributed by atoms with Crippen LogP contribution in [0.3, 0.4) is 0 Å². The van der Waals surface area contributed by atoms with Crippen molar-refractivity contribution in [2.45, 2.75) is 27.0 Å². The summed E-state index contributed by atoms with van der Waals surface area (Å²) in [5.74, 6) is 0.575. The van der Waals surface area contributed by atoms with Crippen molar-refractivity contribution in [1.82, 2.24) is 19.9 Å². The molecule has 7 nitrogen and oxygen atoms in total. The molecule has 1 atom stereocenters. The summed E-state index contributed by atoms with van der Waals surface area (Å²) in [5.41, 5.74) is 4.02. The van der Waals surface area contributed by atoms with Gasteiger partial charge in [-0.05, 0) is 51.1 Å². The predicted molar refractivity (Wildman–Crippen MR) is 118 cm³/mol. The summed E-state index contributed by atoms with van der Waals surface area (Å²) in [6, 6.07) is 10.2. The number of piperazine rings is 1. The Morgan fingerprint density at radius 2 is 1.76 bits per heavy atom. The van der Waals surface area contributed by atoms with E-state index in [0.717, 1.165) is 53.1 Å². The van der Waals surface area contributed by atoms with Gasteiger partial charge in [0.1, 0.15) is 6.23 Å². The van der Waals surface area contributed by atoms with E-state index < -0.39 is 0 Å². The first-order valence-corrected chi connectivity index (χ1v) is 10.6. The Hall–Kier alpha value is -2.55. The van der Waals surface area contributed by atoms with Gasteiger partial charge in [-0.3, -0.25) is 4.90 Å². The van der Waals surface area contributed by atoms with Crippen molar-refractivity contribution in [1.29, 1.82) is 0 Å². The quantitative estimate of drug-likeness (QED) is 0.667. The Bertz CT molecular complexity index is 964. The number of aryl methyl sites for hydroxylation is 2. The average Bonchev–Trinajstić information content (AvgIpc) is 3.07. The number of nitrogens with zero attached hydrogens (tertiary/aromatic N) is 5. The van der Waals surface area contributed by atoms with Gasteiger partial charge >= 0.3 is 0 Å². The van der Waals surface area contributed by atoms with Gasteiger partial charge in [-0.1, -0.05) is 0 Å². The number of nitrogens with one attached hydrogen (secondary N) is 1. The van der Waals surface area contributed by atoms with Crippen LogP contribution in [-0.4, -0.2) is 57.4 Å². The highest BCUT2D eigenvalue weighted by molar-refractivity contribution is 7.15. The van der Waals surface area contributed by atoms with Gasteiger partial charge in [-0.25, -0.2) is 15.0 Å². The normalized spacial score (nSPS) is 16.1. The van der Waals surface area contributed by atoms with Gasteiger partial charge in [0, 0.05) is 43.8 Å². The van der Waals surface area contributed by atoms with Crippen LogP contribution >= 0.6 is 11.3 Å². The van der Waals surface area contributed by atoms with Gasteiger partial charge in [0.2, 0.25) is 5.95 Å². The van der Waals surface area contributed by atoms with Gasteiger partial charge in [0.15, 0.2) is 0 Å². The molecule has 0 amide bonds. The minimum atomic E-state index is -0.378. The lowest BCUT2D eigenvalue weighted by Gasteiger charge is -2.37. The van der Waals surface area contributed by atoms with Crippen molar-refractivity contribution in [3.63, 3.8) is 0 Å². The zero-order chi connectivity index (χ0) is 20.4. The Morgan fingerprint density at radius 1 is 1.03 bits per heavy atom. The fourth-order valence-electron chi connectivity index (χ4n) is 3.55. The van der Waals surface area contributed by atoms with Crippen LogP contribution in [0, 0.1) is 13.8 Å². The minimum absolute atomic E-state index is 0.378. The number of hydrogen-bond donors (Lipinski definition) is 2. The number of hydrogen-bond acceptors (Lipinski definition) is 8. The molecule has 29 heavy (non-hydrogen) atoms. The Balaban J connectivity index is 1.43. The molecule has 0 radical (unpaired) electrons. The summed E-state index contributed by atoms with van der Waals surface area (Å²) in [5, 5.41) is 14.0. The van der Waals surface area contributed by atoms with Crippen LogP contribution in [0.5, 0.6) is 0 Å². The maximum atomic E-state index is 9.70. The smallest absolute Gasteiger partial charge is 0.227 e. The number of aliphatic hydroxyl groups excluding tert-OH is 1. The molecule has 1 saturated heterocycles. The van der Waals surface area contributed by atoms with Crippen molar-refractivity contribution in [2.24, 2.45) is 0 Å². The number of rotatable bonds is 5. The highest BCUT2D eigenvalue weighted by Crippen LogP contribution is 2.29. The van der Waals surface area contributed by atoms with Crippen LogP contribution in [-0.2, 0) is 0 Å². The largest absolute Gasteiger partial charge is 0.379 e. The zero-order valence-corrected chi connectivity index (χ0v) is 17.8. The third-order valence-electron chi connectivity index (χ3n) is 5.12. The van der Waals surface area contributed by atoms with Crippen LogP contribution in [0.25, 0.3) is 10.6 Å². The van der Waals surface area contributed by atoms with Gasteiger partial charge in [-0.15, -0.1) is 11.3 Å². The predicted octanol–water partition coefficient (Wildman–Crippen LogP) is 3.42. The van der Waals surface area contributed by atoms with Crippen molar-refractivity contribution in [2.75, 3.05) is 36.4 Å². The van der Waals surface area contributed by atoms with E-state index in [9.17, 15) is 5.11 Å². The zero-order valence-electron chi connectivity index (χ0n) is 17.0. The van der Waals surface area contributed by atoms with Crippen LogP contribution in [0.1, 0.15) is 17.6 Å². The molecule has 1 aliphatic rings. The average molecular weight is 411 g/mol. The second kappa shape index (κ2) is 8.44. The SMILES string of the molecule is Cc1nc(C)c(-c2ccnc(Nc3ccc(N4CCN(C(C)O)CC4)cc3)n2)s1. The van der Waals surface area contributed by atoms with E-state index in [1.807, 2.05) is 26.8 Å². The van der Waals surface area contributed by atoms with E-state index in [1.165, 1.54) is 5.69 Å². The topological polar surface area (TPSA) is 77.4 Å². The lowest BCUT2D eigenvalue weighted by atomic mass is 10.2. The van der Waals surface area contributed by atoms with Crippen LogP contribution in [0.2, 0.25) is 0 Å². The van der Waals surface area contributed by atoms with E-state index in [2.05, 4.69) is 54.3 Å². The molecular formula is C21H26N6OS. The van der Waals surface area contributed by atoms with Crippen molar-refractivity contribution >= 4 is 28.7 Å². The summed E-state index contributed by atoms with van der Waals surface area (Å²) < 4.78 is 0. The van der Waals surface area contributed by atoms with E-state index >= 15 is 0 Å². The first-order chi connectivity index (χ1) is 14.0. The molecule has 1 fully saturated rings. The molecule has 8 heteroatoms. The Kier molecular flexibility index (Phi) is 5.75. The summed E-state index contributed by atoms with van der Waals surface area (Å²) in [6.07, 6.45) is 1.40. The lowest BCUT2D eigenvalue weighted by Crippen LogP contribution is -2.49. The van der Waals surface area contributed by atoms with Gasteiger partial charge in [0.25, 0.3) is 0 Å². The molecule has 152 valence electrons. The van der Waals surface area contributed by atoms with E-state index in [4.69, 9.17) is 0 Å².